The predicted octanol–water partition coefficient (Wildman–Crippen LogP) is 4.20. The number of nitro benzene ring substituents is 1. The SMILES string of the molecule is Cc1cc(SCc2ccccc2)cc([N+](=O)[O-])c1. The molecule has 2 aromatic rings. The molecule has 0 N–H and O–H groups in total. The van der Waals surface area contributed by atoms with E-state index in [4.69, 9.17) is 0 Å². The van der Waals surface area contributed by atoms with Crippen molar-refractivity contribution < 1.29 is 4.92 Å². The molecule has 0 fully saturated rings. The largest absolute Gasteiger partial charge is 0.270 e. The second-order valence-electron chi connectivity index (χ2n) is 4.04. The van der Waals surface area contributed by atoms with Gasteiger partial charge in [-0.05, 0) is 24.1 Å². The Kier molecular flexibility index (Phi) is 3.99. The van der Waals surface area contributed by atoms with Crippen LogP contribution in [-0.2, 0) is 5.75 Å². The van der Waals surface area contributed by atoms with Crippen molar-refractivity contribution >= 4 is 17.4 Å². The van der Waals surface area contributed by atoms with E-state index in [0.717, 1.165) is 16.2 Å². The second-order valence-corrected chi connectivity index (χ2v) is 5.08. The Morgan fingerprint density at radius 3 is 2.56 bits per heavy atom. The topological polar surface area (TPSA) is 43.1 Å². The van der Waals surface area contributed by atoms with Gasteiger partial charge in [0.2, 0.25) is 0 Å². The van der Waals surface area contributed by atoms with Gasteiger partial charge in [-0.15, -0.1) is 11.8 Å². The van der Waals surface area contributed by atoms with Gasteiger partial charge in [-0.1, -0.05) is 30.3 Å². The molecule has 0 saturated heterocycles. The lowest BCUT2D eigenvalue weighted by Gasteiger charge is -2.03. The average Bonchev–Trinajstić information content (AvgIpc) is 2.37. The van der Waals surface area contributed by atoms with Gasteiger partial charge < -0.3 is 0 Å². The quantitative estimate of drug-likeness (QED) is 0.469. The molecule has 0 aliphatic carbocycles. The molecule has 0 bridgehead atoms. The second kappa shape index (κ2) is 5.69. The Morgan fingerprint density at radius 2 is 1.89 bits per heavy atom. The molecular formula is C14H13NO2S. The lowest BCUT2D eigenvalue weighted by molar-refractivity contribution is -0.385. The van der Waals surface area contributed by atoms with Crippen LogP contribution in [-0.4, -0.2) is 4.92 Å². The molecule has 0 heterocycles. The molecule has 2 aromatic carbocycles. The molecule has 18 heavy (non-hydrogen) atoms. The van der Waals surface area contributed by atoms with E-state index in [-0.39, 0.29) is 10.6 Å². The average molecular weight is 259 g/mol. The first-order valence-corrected chi connectivity index (χ1v) is 6.56. The van der Waals surface area contributed by atoms with Crippen molar-refractivity contribution in [2.45, 2.75) is 17.6 Å². The first-order valence-electron chi connectivity index (χ1n) is 5.58. The van der Waals surface area contributed by atoms with Crippen LogP contribution in [0.25, 0.3) is 0 Å². The minimum absolute atomic E-state index is 0.158. The van der Waals surface area contributed by atoms with E-state index in [1.165, 1.54) is 5.56 Å². The summed E-state index contributed by atoms with van der Waals surface area (Å²) < 4.78 is 0. The van der Waals surface area contributed by atoms with Crippen molar-refractivity contribution in [3.8, 4) is 0 Å². The molecule has 0 radical (unpaired) electrons. The summed E-state index contributed by atoms with van der Waals surface area (Å²) in [4.78, 5) is 11.4. The van der Waals surface area contributed by atoms with E-state index in [1.54, 1.807) is 23.9 Å². The van der Waals surface area contributed by atoms with Crippen LogP contribution >= 0.6 is 11.8 Å². The third-order valence-electron chi connectivity index (χ3n) is 2.49. The number of rotatable bonds is 4. The van der Waals surface area contributed by atoms with E-state index in [1.807, 2.05) is 31.2 Å². The summed E-state index contributed by atoms with van der Waals surface area (Å²) in [7, 11) is 0. The van der Waals surface area contributed by atoms with Crippen molar-refractivity contribution in [3.63, 3.8) is 0 Å². The van der Waals surface area contributed by atoms with Gasteiger partial charge >= 0.3 is 0 Å². The zero-order chi connectivity index (χ0) is 13.0. The minimum atomic E-state index is -0.348. The number of non-ortho nitro benzene ring substituents is 1. The maximum atomic E-state index is 10.8. The summed E-state index contributed by atoms with van der Waals surface area (Å²) in [6.07, 6.45) is 0. The van der Waals surface area contributed by atoms with E-state index in [0.29, 0.717) is 0 Å². The Bertz CT molecular complexity index is 555. The third-order valence-corrected chi connectivity index (χ3v) is 3.54. The van der Waals surface area contributed by atoms with Crippen LogP contribution in [0.4, 0.5) is 5.69 Å². The number of nitro groups is 1. The summed E-state index contributed by atoms with van der Waals surface area (Å²) in [5.41, 5.74) is 2.29. The molecule has 92 valence electrons. The van der Waals surface area contributed by atoms with Gasteiger partial charge in [-0.25, -0.2) is 0 Å². The lowest BCUT2D eigenvalue weighted by Crippen LogP contribution is -1.89. The van der Waals surface area contributed by atoms with Gasteiger partial charge in [0.05, 0.1) is 4.92 Å². The maximum Gasteiger partial charge on any atom is 0.270 e. The van der Waals surface area contributed by atoms with Crippen LogP contribution in [0.15, 0.2) is 53.4 Å². The number of hydrogen-bond acceptors (Lipinski definition) is 3. The molecule has 0 aromatic heterocycles. The summed E-state index contributed by atoms with van der Waals surface area (Å²) in [6.45, 7) is 1.87. The minimum Gasteiger partial charge on any atom is -0.258 e. The number of nitrogens with zero attached hydrogens (tertiary/aromatic N) is 1. The Labute approximate surface area is 110 Å². The molecule has 0 atom stereocenters. The first-order chi connectivity index (χ1) is 8.65. The molecule has 0 aliphatic rings. The highest BCUT2D eigenvalue weighted by Crippen LogP contribution is 2.27. The zero-order valence-electron chi connectivity index (χ0n) is 10.00. The molecule has 2 rings (SSSR count). The molecule has 0 saturated carbocycles. The summed E-state index contributed by atoms with van der Waals surface area (Å²) in [5.74, 6) is 0.821. The predicted molar refractivity (Wildman–Crippen MR) is 73.8 cm³/mol. The smallest absolute Gasteiger partial charge is 0.258 e. The molecule has 0 amide bonds. The first kappa shape index (κ1) is 12.6. The normalized spacial score (nSPS) is 10.3. The van der Waals surface area contributed by atoms with Crippen LogP contribution < -0.4 is 0 Å². The fourth-order valence-corrected chi connectivity index (χ4v) is 2.66. The van der Waals surface area contributed by atoms with Crippen LogP contribution in [0.3, 0.4) is 0 Å². The van der Waals surface area contributed by atoms with Crippen LogP contribution in [0.2, 0.25) is 0 Å². The summed E-state index contributed by atoms with van der Waals surface area (Å²) >= 11 is 1.61. The van der Waals surface area contributed by atoms with Crippen LogP contribution in [0.5, 0.6) is 0 Å². The van der Waals surface area contributed by atoms with Crippen molar-refractivity contribution in [2.75, 3.05) is 0 Å². The third kappa shape index (κ3) is 3.34. The maximum absolute atomic E-state index is 10.8. The van der Waals surface area contributed by atoms with E-state index in [9.17, 15) is 10.1 Å². The van der Waals surface area contributed by atoms with Crippen molar-refractivity contribution in [3.05, 3.63) is 69.8 Å². The van der Waals surface area contributed by atoms with E-state index in [2.05, 4.69) is 12.1 Å². The number of aryl methyl sites for hydroxylation is 1. The summed E-state index contributed by atoms with van der Waals surface area (Å²) in [5, 5.41) is 10.8. The van der Waals surface area contributed by atoms with Gasteiger partial charge in [0.1, 0.15) is 0 Å². The molecule has 0 spiro atoms. The van der Waals surface area contributed by atoms with Gasteiger partial charge in [-0.2, -0.15) is 0 Å². The van der Waals surface area contributed by atoms with E-state index >= 15 is 0 Å². The standard InChI is InChI=1S/C14H13NO2S/c1-11-7-13(15(16)17)9-14(8-11)18-10-12-5-3-2-4-6-12/h2-9H,10H2,1H3. The van der Waals surface area contributed by atoms with Crippen LogP contribution in [0, 0.1) is 17.0 Å². The Balaban J connectivity index is 2.12. The fourth-order valence-electron chi connectivity index (χ4n) is 1.66. The van der Waals surface area contributed by atoms with E-state index < -0.39 is 0 Å². The number of benzene rings is 2. The number of hydrogen-bond donors (Lipinski definition) is 0. The van der Waals surface area contributed by atoms with Crippen molar-refractivity contribution in [1.82, 2.24) is 0 Å². The van der Waals surface area contributed by atoms with Crippen molar-refractivity contribution in [2.24, 2.45) is 0 Å². The molecule has 4 heteroatoms. The number of thioether (sulfide) groups is 1. The summed E-state index contributed by atoms with van der Waals surface area (Å²) in [6, 6.07) is 15.3. The van der Waals surface area contributed by atoms with Gasteiger partial charge in [0.25, 0.3) is 5.69 Å². The molecule has 0 unspecified atom stereocenters. The van der Waals surface area contributed by atoms with Crippen LogP contribution in [0.1, 0.15) is 11.1 Å². The highest BCUT2D eigenvalue weighted by Gasteiger charge is 2.08. The molecule has 3 nitrogen and oxygen atoms in total. The zero-order valence-corrected chi connectivity index (χ0v) is 10.8. The highest BCUT2D eigenvalue weighted by molar-refractivity contribution is 7.98. The molecule has 0 aliphatic heterocycles. The molecular weight excluding hydrogens is 246 g/mol. The van der Waals surface area contributed by atoms with Gasteiger partial charge in [-0.3, -0.25) is 10.1 Å². The highest BCUT2D eigenvalue weighted by atomic mass is 32.2. The monoisotopic (exact) mass is 259 g/mol. The Hall–Kier alpha value is -1.81. The van der Waals surface area contributed by atoms with Gasteiger partial charge in [0.15, 0.2) is 0 Å². The van der Waals surface area contributed by atoms with Crippen molar-refractivity contribution in [1.29, 1.82) is 0 Å². The fraction of sp³-hybridized carbons (Fsp3) is 0.143. The lowest BCUT2D eigenvalue weighted by atomic mass is 10.2. The Morgan fingerprint density at radius 1 is 1.17 bits per heavy atom. The van der Waals surface area contributed by atoms with Gasteiger partial charge in [0, 0.05) is 22.8 Å².